The Hall–Kier alpha value is -2.78. The molecule has 9 heteroatoms. The lowest BCUT2D eigenvalue weighted by atomic mass is 9.97. The molecular weight excluding hydrogens is 420 g/mol. The Labute approximate surface area is 193 Å². The van der Waals surface area contributed by atoms with E-state index in [0.717, 1.165) is 56.3 Å². The van der Waals surface area contributed by atoms with Crippen LogP contribution in [-0.2, 0) is 9.59 Å². The van der Waals surface area contributed by atoms with Gasteiger partial charge >= 0.3 is 0 Å². The molecule has 0 spiro atoms. The van der Waals surface area contributed by atoms with Gasteiger partial charge in [-0.25, -0.2) is 4.68 Å². The molecule has 2 aromatic rings. The van der Waals surface area contributed by atoms with Crippen LogP contribution in [0.1, 0.15) is 37.4 Å². The van der Waals surface area contributed by atoms with Crippen molar-refractivity contribution in [3.63, 3.8) is 0 Å². The number of imide groups is 1. The first-order valence-electron chi connectivity index (χ1n) is 12.0. The number of rotatable bonds is 4. The summed E-state index contributed by atoms with van der Waals surface area (Å²) in [6.07, 6.45) is 3.03. The molecule has 5 rings (SSSR count). The van der Waals surface area contributed by atoms with Crippen molar-refractivity contribution in [2.45, 2.75) is 38.6 Å². The normalized spacial score (nSPS) is 23.2. The highest BCUT2D eigenvalue weighted by Gasteiger charge is 2.30. The number of aryl methyl sites for hydroxylation is 1. The van der Waals surface area contributed by atoms with Crippen molar-refractivity contribution >= 4 is 28.3 Å². The van der Waals surface area contributed by atoms with E-state index < -0.39 is 11.9 Å². The molecule has 0 radical (unpaired) electrons. The minimum absolute atomic E-state index is 0.212. The van der Waals surface area contributed by atoms with Crippen molar-refractivity contribution in [1.82, 2.24) is 25.3 Å². The predicted octanol–water partition coefficient (Wildman–Crippen LogP) is 0.804. The number of piperidine rings is 2. The molecule has 2 amide bonds. The molecule has 1 aromatic carbocycles. The second-order valence-corrected chi connectivity index (χ2v) is 9.51. The first-order chi connectivity index (χ1) is 16.0. The molecule has 176 valence electrons. The lowest BCUT2D eigenvalue weighted by molar-refractivity contribution is -0.136. The van der Waals surface area contributed by atoms with Crippen molar-refractivity contribution in [3.8, 4) is 0 Å². The summed E-state index contributed by atoms with van der Waals surface area (Å²) in [7, 11) is 0. The third-order valence-corrected chi connectivity index (χ3v) is 7.31. The average molecular weight is 453 g/mol. The molecule has 33 heavy (non-hydrogen) atoms. The summed E-state index contributed by atoms with van der Waals surface area (Å²) in [6.45, 7) is 9.20. The molecule has 0 aliphatic carbocycles. The maximum Gasteiger partial charge on any atom is 0.275 e. The molecule has 1 atom stereocenters. The Kier molecular flexibility index (Phi) is 6.16. The van der Waals surface area contributed by atoms with Crippen molar-refractivity contribution in [1.29, 1.82) is 0 Å². The smallest absolute Gasteiger partial charge is 0.275 e. The number of carbonyl (C=O) groups is 2. The minimum Gasteiger partial charge on any atom is -0.369 e. The molecule has 0 saturated carbocycles. The molecule has 4 heterocycles. The lowest BCUT2D eigenvalue weighted by Crippen LogP contribution is -2.48. The van der Waals surface area contributed by atoms with Crippen LogP contribution in [0, 0.1) is 12.8 Å². The number of hydrogen-bond acceptors (Lipinski definition) is 7. The average Bonchev–Trinajstić information content (AvgIpc) is 2.83. The van der Waals surface area contributed by atoms with E-state index >= 15 is 0 Å². The summed E-state index contributed by atoms with van der Waals surface area (Å²) in [5.74, 6) is 0.0312. The van der Waals surface area contributed by atoms with Crippen molar-refractivity contribution in [2.24, 2.45) is 5.92 Å². The maximum atomic E-state index is 13.3. The van der Waals surface area contributed by atoms with E-state index in [1.54, 1.807) is 0 Å². The van der Waals surface area contributed by atoms with Crippen LogP contribution in [0.15, 0.2) is 23.0 Å². The molecule has 3 aliphatic heterocycles. The monoisotopic (exact) mass is 452 g/mol. The number of carbonyl (C=O) groups excluding carboxylic acids is 2. The summed E-state index contributed by atoms with van der Waals surface area (Å²) >= 11 is 0. The summed E-state index contributed by atoms with van der Waals surface area (Å²) < 4.78 is 1.26. The SMILES string of the molecule is Cc1nn(C2CCC(=O)NC2=O)c(=O)c2cc(N3CCN(CC4CCNCC4)CC3)ccc12. The number of fused-ring (bicyclic) bond motifs is 1. The third-order valence-electron chi connectivity index (χ3n) is 7.31. The van der Waals surface area contributed by atoms with E-state index in [-0.39, 0.29) is 17.9 Å². The van der Waals surface area contributed by atoms with E-state index in [1.807, 2.05) is 19.1 Å². The van der Waals surface area contributed by atoms with Gasteiger partial charge in [-0.2, -0.15) is 5.10 Å². The highest BCUT2D eigenvalue weighted by Crippen LogP contribution is 2.25. The van der Waals surface area contributed by atoms with Crippen LogP contribution < -0.4 is 21.1 Å². The zero-order chi connectivity index (χ0) is 22.9. The first-order valence-corrected chi connectivity index (χ1v) is 12.0. The largest absolute Gasteiger partial charge is 0.369 e. The minimum atomic E-state index is -0.750. The van der Waals surface area contributed by atoms with E-state index in [9.17, 15) is 14.4 Å². The van der Waals surface area contributed by atoms with E-state index in [0.29, 0.717) is 17.5 Å². The van der Waals surface area contributed by atoms with Gasteiger partial charge in [-0.15, -0.1) is 0 Å². The Bertz CT molecular complexity index is 1120. The van der Waals surface area contributed by atoms with Crippen LogP contribution in [-0.4, -0.2) is 72.3 Å². The summed E-state index contributed by atoms with van der Waals surface area (Å²) in [5.41, 5.74) is 1.45. The van der Waals surface area contributed by atoms with Crippen LogP contribution in [0.2, 0.25) is 0 Å². The fraction of sp³-hybridized carbons (Fsp3) is 0.583. The number of piperazine rings is 1. The number of nitrogens with zero attached hydrogens (tertiary/aromatic N) is 4. The van der Waals surface area contributed by atoms with Crippen LogP contribution in [0.3, 0.4) is 0 Å². The molecule has 3 fully saturated rings. The van der Waals surface area contributed by atoms with Gasteiger partial charge in [0, 0.05) is 50.2 Å². The van der Waals surface area contributed by atoms with Gasteiger partial charge in [0.05, 0.1) is 11.1 Å². The first kappa shape index (κ1) is 22.0. The molecular formula is C24H32N6O3. The number of anilines is 1. The van der Waals surface area contributed by atoms with Crippen LogP contribution in [0.25, 0.3) is 10.8 Å². The van der Waals surface area contributed by atoms with Crippen LogP contribution in [0.4, 0.5) is 5.69 Å². The Morgan fingerprint density at radius 2 is 1.76 bits per heavy atom. The molecule has 3 aliphatic rings. The summed E-state index contributed by atoms with van der Waals surface area (Å²) in [6, 6.07) is 5.22. The molecule has 1 unspecified atom stereocenters. The van der Waals surface area contributed by atoms with Gasteiger partial charge in [0.1, 0.15) is 6.04 Å². The zero-order valence-corrected chi connectivity index (χ0v) is 19.2. The molecule has 0 bridgehead atoms. The Morgan fingerprint density at radius 3 is 2.48 bits per heavy atom. The molecule has 1 aromatic heterocycles. The van der Waals surface area contributed by atoms with Gasteiger partial charge in [-0.3, -0.25) is 24.6 Å². The van der Waals surface area contributed by atoms with E-state index in [2.05, 4.69) is 31.6 Å². The lowest BCUT2D eigenvalue weighted by Gasteiger charge is -2.38. The summed E-state index contributed by atoms with van der Waals surface area (Å²) in [5, 5.41) is 11.6. The van der Waals surface area contributed by atoms with Gasteiger partial charge in [0.2, 0.25) is 5.91 Å². The number of aromatic nitrogens is 2. The molecule has 9 nitrogen and oxygen atoms in total. The second kappa shape index (κ2) is 9.23. The van der Waals surface area contributed by atoms with Crippen molar-refractivity contribution in [3.05, 3.63) is 34.2 Å². The second-order valence-electron chi connectivity index (χ2n) is 9.51. The van der Waals surface area contributed by atoms with Gasteiger partial charge in [-0.05, 0) is 57.3 Å². The van der Waals surface area contributed by atoms with Gasteiger partial charge in [-0.1, -0.05) is 6.07 Å². The van der Waals surface area contributed by atoms with Crippen molar-refractivity contribution < 1.29 is 9.59 Å². The number of amides is 2. The molecule has 3 saturated heterocycles. The Balaban J connectivity index is 1.35. The topological polar surface area (TPSA) is 99.6 Å². The van der Waals surface area contributed by atoms with E-state index in [1.165, 1.54) is 24.1 Å². The highest BCUT2D eigenvalue weighted by molar-refractivity contribution is 5.99. The number of nitrogens with one attached hydrogen (secondary N) is 2. The van der Waals surface area contributed by atoms with Crippen LogP contribution >= 0.6 is 0 Å². The van der Waals surface area contributed by atoms with Crippen molar-refractivity contribution in [2.75, 3.05) is 50.7 Å². The fourth-order valence-corrected chi connectivity index (χ4v) is 5.35. The Morgan fingerprint density at radius 1 is 1.00 bits per heavy atom. The number of hydrogen-bond donors (Lipinski definition) is 2. The third kappa shape index (κ3) is 4.52. The van der Waals surface area contributed by atoms with Gasteiger partial charge in [0.25, 0.3) is 11.5 Å². The van der Waals surface area contributed by atoms with Gasteiger partial charge < -0.3 is 10.2 Å². The predicted molar refractivity (Wildman–Crippen MR) is 126 cm³/mol. The standard InChI is InChI=1S/C24H32N6O3/c1-16-19-3-2-18(29-12-10-28(11-13-29)15-17-6-8-25-9-7-17)14-20(19)24(33)30(27-16)21-4-5-22(31)26-23(21)32/h2-3,14,17,21,25H,4-13,15H2,1H3,(H,26,31,32). The van der Waals surface area contributed by atoms with Crippen LogP contribution in [0.5, 0.6) is 0 Å². The number of benzene rings is 1. The zero-order valence-electron chi connectivity index (χ0n) is 19.2. The quantitative estimate of drug-likeness (QED) is 0.662. The van der Waals surface area contributed by atoms with Gasteiger partial charge in [0.15, 0.2) is 0 Å². The van der Waals surface area contributed by atoms with E-state index in [4.69, 9.17) is 0 Å². The highest BCUT2D eigenvalue weighted by atomic mass is 16.2. The molecule has 2 N–H and O–H groups in total. The maximum absolute atomic E-state index is 13.3. The fourth-order valence-electron chi connectivity index (χ4n) is 5.35. The summed E-state index contributed by atoms with van der Waals surface area (Å²) in [4.78, 5) is 42.1.